The number of hydrogen-bond donors (Lipinski definition) is 1. The highest BCUT2D eigenvalue weighted by Crippen LogP contribution is 2.30. The largest absolute Gasteiger partial charge is 0.352 e. The van der Waals surface area contributed by atoms with Gasteiger partial charge in [-0.05, 0) is 12.1 Å². The van der Waals surface area contributed by atoms with Crippen molar-refractivity contribution in [3.63, 3.8) is 0 Å². The Morgan fingerprint density at radius 1 is 1.36 bits per heavy atom. The first-order valence-electron chi connectivity index (χ1n) is 6.90. The number of nitrogens with one attached hydrogen (secondary N) is 1. The topological polar surface area (TPSA) is 67.2 Å². The van der Waals surface area contributed by atoms with Gasteiger partial charge in [-0.3, -0.25) is 14.3 Å². The number of benzene rings is 1. The van der Waals surface area contributed by atoms with Gasteiger partial charge in [-0.2, -0.15) is 5.10 Å². The van der Waals surface area contributed by atoms with E-state index in [-0.39, 0.29) is 11.8 Å². The summed E-state index contributed by atoms with van der Waals surface area (Å²) in [5.74, 6) is -0.463. The molecule has 7 heteroatoms. The first-order valence-corrected chi connectivity index (χ1v) is 7.28. The number of halogens is 1. The minimum absolute atomic E-state index is 0.227. The van der Waals surface area contributed by atoms with Gasteiger partial charge in [0.15, 0.2) is 0 Å². The summed E-state index contributed by atoms with van der Waals surface area (Å²) < 4.78 is 1.50. The fourth-order valence-corrected chi connectivity index (χ4v) is 2.86. The van der Waals surface area contributed by atoms with Crippen molar-refractivity contribution < 1.29 is 9.59 Å². The maximum Gasteiger partial charge on any atom is 0.273 e. The molecule has 0 bridgehead atoms. The third-order valence-electron chi connectivity index (χ3n) is 3.71. The molecule has 1 N–H and O–H groups in total. The molecule has 1 aliphatic heterocycles. The second-order valence-electron chi connectivity index (χ2n) is 5.05. The number of hydrogen-bond acceptors (Lipinski definition) is 3. The molecule has 0 spiro atoms. The highest BCUT2D eigenvalue weighted by Gasteiger charge is 2.36. The van der Waals surface area contributed by atoms with E-state index < -0.39 is 6.04 Å². The van der Waals surface area contributed by atoms with Crippen LogP contribution < -0.4 is 5.32 Å². The summed E-state index contributed by atoms with van der Waals surface area (Å²) in [6.07, 6.45) is 1.56. The van der Waals surface area contributed by atoms with E-state index in [0.29, 0.717) is 29.4 Å². The molecule has 0 unspecified atom stereocenters. The third kappa shape index (κ3) is 2.46. The molecule has 114 valence electrons. The normalized spacial score (nSPS) is 18.2. The zero-order chi connectivity index (χ0) is 15.7. The molecule has 2 amide bonds. The van der Waals surface area contributed by atoms with Gasteiger partial charge in [-0.1, -0.05) is 29.8 Å². The van der Waals surface area contributed by atoms with Gasteiger partial charge in [-0.25, -0.2) is 0 Å². The lowest BCUT2D eigenvalue weighted by Gasteiger charge is -2.35. The van der Waals surface area contributed by atoms with Crippen molar-refractivity contribution in [2.45, 2.75) is 6.04 Å². The van der Waals surface area contributed by atoms with Crippen molar-refractivity contribution in [2.24, 2.45) is 7.05 Å². The molecule has 1 aromatic carbocycles. The molecule has 0 aliphatic carbocycles. The van der Waals surface area contributed by atoms with Crippen LogP contribution in [0.5, 0.6) is 0 Å². The summed E-state index contributed by atoms with van der Waals surface area (Å²) in [4.78, 5) is 26.6. The number of carbonyl (C=O) groups excluding carboxylic acids is 2. The number of amides is 2. The van der Waals surface area contributed by atoms with E-state index >= 15 is 0 Å². The summed E-state index contributed by atoms with van der Waals surface area (Å²) in [7, 11) is 1.70. The van der Waals surface area contributed by atoms with Crippen molar-refractivity contribution >= 4 is 23.4 Å². The van der Waals surface area contributed by atoms with Crippen LogP contribution in [0.1, 0.15) is 22.1 Å². The van der Waals surface area contributed by atoms with E-state index in [4.69, 9.17) is 11.6 Å². The third-order valence-corrected chi connectivity index (χ3v) is 4.06. The van der Waals surface area contributed by atoms with Gasteiger partial charge in [0.2, 0.25) is 5.91 Å². The van der Waals surface area contributed by atoms with Crippen LogP contribution in [0.2, 0.25) is 5.02 Å². The lowest BCUT2D eigenvalue weighted by molar-refractivity contribution is -0.128. The lowest BCUT2D eigenvalue weighted by atomic mass is 10.0. The lowest BCUT2D eigenvalue weighted by Crippen LogP contribution is -2.52. The maximum absolute atomic E-state index is 12.8. The smallest absolute Gasteiger partial charge is 0.273 e. The fraction of sp³-hybridized carbons (Fsp3) is 0.267. The predicted octanol–water partition coefficient (Wildman–Crippen LogP) is 1.39. The van der Waals surface area contributed by atoms with Crippen LogP contribution in [0.4, 0.5) is 0 Å². The zero-order valence-corrected chi connectivity index (χ0v) is 12.7. The van der Waals surface area contributed by atoms with Crippen LogP contribution in [0.3, 0.4) is 0 Å². The molecule has 22 heavy (non-hydrogen) atoms. The molecule has 0 saturated carbocycles. The number of nitrogens with zero attached hydrogens (tertiary/aromatic N) is 3. The highest BCUT2D eigenvalue weighted by atomic mass is 35.5. The Morgan fingerprint density at radius 2 is 2.14 bits per heavy atom. The molecule has 6 nitrogen and oxygen atoms in total. The van der Waals surface area contributed by atoms with Crippen LogP contribution in [0.15, 0.2) is 36.5 Å². The molecule has 1 atom stereocenters. The number of rotatable bonds is 2. The first kappa shape index (κ1) is 14.6. The van der Waals surface area contributed by atoms with Crippen molar-refractivity contribution in [3.05, 3.63) is 52.8 Å². The van der Waals surface area contributed by atoms with E-state index in [2.05, 4.69) is 10.4 Å². The van der Waals surface area contributed by atoms with E-state index in [1.807, 2.05) is 0 Å². The Morgan fingerprint density at radius 3 is 2.82 bits per heavy atom. The number of aromatic nitrogens is 2. The molecule has 2 aromatic rings. The minimum atomic E-state index is -0.732. The standard InChI is InChI=1S/C15H15ClN4O2/c1-19-12(6-7-18-19)15(22)20-9-8-17-14(21)13(20)10-4-2-3-5-11(10)16/h2-7,13H,8-9H2,1H3,(H,17,21)/t13-/m1/s1. The van der Waals surface area contributed by atoms with Crippen LogP contribution in [0.25, 0.3) is 0 Å². The van der Waals surface area contributed by atoms with Crippen LogP contribution >= 0.6 is 11.6 Å². The number of piperazine rings is 1. The molecule has 1 fully saturated rings. The Balaban J connectivity index is 2.01. The summed E-state index contributed by atoms with van der Waals surface area (Å²) in [5, 5.41) is 7.26. The minimum Gasteiger partial charge on any atom is -0.352 e. The van der Waals surface area contributed by atoms with Crippen molar-refractivity contribution in [2.75, 3.05) is 13.1 Å². The van der Waals surface area contributed by atoms with Crippen molar-refractivity contribution in [1.82, 2.24) is 20.0 Å². The fourth-order valence-electron chi connectivity index (χ4n) is 2.62. The second-order valence-corrected chi connectivity index (χ2v) is 5.46. The van der Waals surface area contributed by atoms with E-state index in [0.717, 1.165) is 0 Å². The molecule has 1 saturated heterocycles. The first-order chi connectivity index (χ1) is 10.6. The van der Waals surface area contributed by atoms with Gasteiger partial charge in [-0.15, -0.1) is 0 Å². The predicted molar refractivity (Wildman–Crippen MR) is 81.4 cm³/mol. The summed E-state index contributed by atoms with van der Waals surface area (Å²) in [6, 6.07) is 7.98. The van der Waals surface area contributed by atoms with Gasteiger partial charge in [0.05, 0.1) is 0 Å². The maximum atomic E-state index is 12.8. The van der Waals surface area contributed by atoms with Crippen LogP contribution in [-0.4, -0.2) is 39.6 Å². The van der Waals surface area contributed by atoms with Crippen molar-refractivity contribution in [1.29, 1.82) is 0 Å². The zero-order valence-electron chi connectivity index (χ0n) is 12.0. The molecule has 1 aliphatic rings. The molecule has 0 radical (unpaired) electrons. The monoisotopic (exact) mass is 318 g/mol. The summed E-state index contributed by atoms with van der Waals surface area (Å²) >= 11 is 6.21. The van der Waals surface area contributed by atoms with Gasteiger partial charge < -0.3 is 10.2 Å². The Bertz CT molecular complexity index is 728. The van der Waals surface area contributed by atoms with E-state index in [1.165, 1.54) is 9.58 Å². The SMILES string of the molecule is Cn1nccc1C(=O)N1CCNC(=O)[C@H]1c1ccccc1Cl. The molecule has 1 aromatic heterocycles. The number of carbonyl (C=O) groups is 2. The van der Waals surface area contributed by atoms with Gasteiger partial charge in [0.25, 0.3) is 5.91 Å². The van der Waals surface area contributed by atoms with E-state index in [1.54, 1.807) is 43.6 Å². The van der Waals surface area contributed by atoms with Gasteiger partial charge in [0.1, 0.15) is 11.7 Å². The Hall–Kier alpha value is -2.34. The summed E-state index contributed by atoms with van der Waals surface area (Å²) in [5.41, 5.74) is 1.06. The van der Waals surface area contributed by atoms with Crippen molar-refractivity contribution in [3.8, 4) is 0 Å². The molecule has 2 heterocycles. The average molecular weight is 319 g/mol. The van der Waals surface area contributed by atoms with Crippen LogP contribution in [0, 0.1) is 0 Å². The highest BCUT2D eigenvalue weighted by molar-refractivity contribution is 6.31. The molecular weight excluding hydrogens is 304 g/mol. The second kappa shape index (κ2) is 5.81. The van der Waals surface area contributed by atoms with Gasteiger partial charge in [0, 0.05) is 36.9 Å². The average Bonchev–Trinajstić information content (AvgIpc) is 2.93. The Labute approximate surface area is 132 Å². The van der Waals surface area contributed by atoms with E-state index in [9.17, 15) is 9.59 Å². The van der Waals surface area contributed by atoms with Gasteiger partial charge >= 0.3 is 0 Å². The summed E-state index contributed by atoms with van der Waals surface area (Å²) in [6.45, 7) is 0.842. The number of aryl methyl sites for hydroxylation is 1. The quantitative estimate of drug-likeness (QED) is 0.910. The molecular formula is C15H15ClN4O2. The molecule has 3 rings (SSSR count). The Kier molecular flexibility index (Phi) is 3.85. The van der Waals surface area contributed by atoms with Crippen LogP contribution in [-0.2, 0) is 11.8 Å².